The number of hydrogen-bond acceptors (Lipinski definition) is 5. The van der Waals surface area contributed by atoms with Crippen LogP contribution < -0.4 is 0 Å². The van der Waals surface area contributed by atoms with E-state index in [1.165, 1.54) is 5.57 Å². The second kappa shape index (κ2) is 4.81. The van der Waals surface area contributed by atoms with Gasteiger partial charge in [-0.3, -0.25) is 9.59 Å². The van der Waals surface area contributed by atoms with Gasteiger partial charge in [0.05, 0.1) is 11.7 Å². The molecule has 4 aliphatic carbocycles. The summed E-state index contributed by atoms with van der Waals surface area (Å²) in [5, 5.41) is 20.6. The van der Waals surface area contributed by atoms with Gasteiger partial charge >= 0.3 is 0 Å². The predicted molar refractivity (Wildman–Crippen MR) is 88.6 cm³/mol. The zero-order chi connectivity index (χ0) is 17.6. The van der Waals surface area contributed by atoms with Gasteiger partial charge in [0.1, 0.15) is 12.2 Å². The van der Waals surface area contributed by atoms with Crippen molar-refractivity contribution in [3.05, 3.63) is 11.6 Å². The third-order valence-corrected chi connectivity index (χ3v) is 8.46. The van der Waals surface area contributed by atoms with Gasteiger partial charge in [0, 0.05) is 17.8 Å². The number of ether oxygens (including phenoxy) is 1. The molecule has 7 atom stereocenters. The van der Waals surface area contributed by atoms with E-state index in [1.54, 1.807) is 0 Å². The average Bonchev–Trinajstić information content (AvgIpc) is 2.85. The van der Waals surface area contributed by atoms with Gasteiger partial charge in [0.2, 0.25) is 0 Å². The number of ketones is 2. The first kappa shape index (κ1) is 16.2. The Morgan fingerprint density at radius 3 is 2.88 bits per heavy atom. The summed E-state index contributed by atoms with van der Waals surface area (Å²) < 4.78 is 6.43. The number of aliphatic hydroxyl groups excluding tert-OH is 1. The molecule has 0 bridgehead atoms. The largest absolute Gasteiger partial charge is 0.388 e. The Bertz CT molecular complexity index is 698. The van der Waals surface area contributed by atoms with Crippen LogP contribution in [0.2, 0.25) is 0 Å². The van der Waals surface area contributed by atoms with E-state index in [1.807, 2.05) is 13.0 Å². The summed E-state index contributed by atoms with van der Waals surface area (Å²) in [4.78, 5) is 24.2. The fourth-order valence-electron chi connectivity index (χ4n) is 7.34. The van der Waals surface area contributed by atoms with E-state index in [2.05, 4.69) is 0 Å². The van der Waals surface area contributed by atoms with Crippen molar-refractivity contribution in [2.24, 2.45) is 23.2 Å². The van der Waals surface area contributed by atoms with Gasteiger partial charge in [0.15, 0.2) is 11.6 Å². The van der Waals surface area contributed by atoms with E-state index in [9.17, 15) is 19.8 Å². The maximum atomic E-state index is 12.4. The molecule has 4 fully saturated rings. The van der Waals surface area contributed by atoms with E-state index in [-0.39, 0.29) is 23.4 Å². The van der Waals surface area contributed by atoms with Gasteiger partial charge < -0.3 is 14.9 Å². The van der Waals surface area contributed by atoms with Gasteiger partial charge in [-0.05, 0) is 62.0 Å². The van der Waals surface area contributed by atoms with Crippen molar-refractivity contribution < 1.29 is 24.5 Å². The van der Waals surface area contributed by atoms with Gasteiger partial charge in [-0.2, -0.15) is 0 Å². The molecule has 0 amide bonds. The molecule has 1 aliphatic heterocycles. The molecule has 5 rings (SSSR count). The Hall–Kier alpha value is -1.04. The second-order valence-electron chi connectivity index (χ2n) is 9.12. The molecule has 0 radical (unpaired) electrons. The summed E-state index contributed by atoms with van der Waals surface area (Å²) >= 11 is 0. The number of Topliss-reactive ketones (excluding diaryl/α,β-unsaturated/α-hetero) is 1. The fraction of sp³-hybridized carbons (Fsp3) is 0.800. The van der Waals surface area contributed by atoms with Crippen LogP contribution in [0.5, 0.6) is 0 Å². The Labute approximate surface area is 147 Å². The number of rotatable bonds is 2. The summed E-state index contributed by atoms with van der Waals surface area (Å²) in [5.74, 6) is 0.919. The monoisotopic (exact) mass is 346 g/mol. The van der Waals surface area contributed by atoms with Crippen molar-refractivity contribution >= 4 is 11.6 Å². The number of carbonyl (C=O) groups is 2. The van der Waals surface area contributed by atoms with Crippen LogP contribution >= 0.6 is 0 Å². The highest BCUT2D eigenvalue weighted by Crippen LogP contribution is 2.70. The van der Waals surface area contributed by atoms with Crippen LogP contribution in [0, 0.1) is 23.2 Å². The summed E-state index contributed by atoms with van der Waals surface area (Å²) in [7, 11) is 0. The Kier molecular flexibility index (Phi) is 3.11. The Balaban J connectivity index is 1.53. The number of hydrogen-bond donors (Lipinski definition) is 2. The molecule has 136 valence electrons. The first-order valence-electron chi connectivity index (χ1n) is 9.64. The minimum atomic E-state index is -1.43. The molecule has 0 aromatic carbocycles. The van der Waals surface area contributed by atoms with Crippen molar-refractivity contribution in [1.29, 1.82) is 0 Å². The van der Waals surface area contributed by atoms with Gasteiger partial charge in [0.25, 0.3) is 0 Å². The zero-order valence-electron chi connectivity index (χ0n) is 14.7. The van der Waals surface area contributed by atoms with Crippen LogP contribution in [-0.2, 0) is 14.3 Å². The molecule has 5 aliphatic rings. The van der Waals surface area contributed by atoms with E-state index in [4.69, 9.17) is 4.74 Å². The molecular weight excluding hydrogens is 320 g/mol. The predicted octanol–water partition coefficient (Wildman–Crippen LogP) is 1.55. The van der Waals surface area contributed by atoms with E-state index in [0.29, 0.717) is 31.1 Å². The lowest BCUT2D eigenvalue weighted by Crippen LogP contribution is -2.72. The van der Waals surface area contributed by atoms with Crippen molar-refractivity contribution in [3.8, 4) is 0 Å². The minimum Gasteiger partial charge on any atom is -0.388 e. The highest BCUT2D eigenvalue weighted by Gasteiger charge is 2.73. The molecule has 2 N–H and O–H groups in total. The molecule has 3 saturated carbocycles. The first-order chi connectivity index (χ1) is 11.9. The molecule has 1 saturated heterocycles. The Morgan fingerprint density at radius 1 is 1.32 bits per heavy atom. The zero-order valence-corrected chi connectivity index (χ0v) is 14.7. The minimum absolute atomic E-state index is 0.0549. The lowest BCUT2D eigenvalue weighted by Gasteiger charge is -2.69. The van der Waals surface area contributed by atoms with Crippen LogP contribution in [-0.4, -0.2) is 45.7 Å². The standard InChI is InChI=1S/C20H26O5/c1-18-9-15-17-13(14(18)5-7-20(18,24)16(23)10-21)3-2-11-8-12(22)4-6-19(11,17)25-15/h8,13-15,17,21,24H,2-7,9-10H2,1H3. The normalized spacial score (nSPS) is 53.2. The summed E-state index contributed by atoms with van der Waals surface area (Å²) in [6.07, 6.45) is 7.08. The van der Waals surface area contributed by atoms with Gasteiger partial charge in [-0.1, -0.05) is 6.92 Å². The smallest absolute Gasteiger partial charge is 0.190 e. The number of fused-ring (bicyclic) bond motifs is 2. The second-order valence-corrected chi connectivity index (χ2v) is 9.12. The molecule has 25 heavy (non-hydrogen) atoms. The van der Waals surface area contributed by atoms with Gasteiger partial charge in [-0.25, -0.2) is 0 Å². The number of aliphatic hydroxyl groups is 2. The third kappa shape index (κ3) is 1.70. The quantitative estimate of drug-likeness (QED) is 0.793. The highest BCUT2D eigenvalue weighted by atomic mass is 16.5. The van der Waals surface area contributed by atoms with E-state index < -0.39 is 23.4 Å². The van der Waals surface area contributed by atoms with E-state index >= 15 is 0 Å². The molecule has 7 unspecified atom stereocenters. The summed E-state index contributed by atoms with van der Waals surface area (Å²) in [5.41, 5.74) is -1.01. The molecule has 5 nitrogen and oxygen atoms in total. The number of carbonyl (C=O) groups excluding carboxylic acids is 2. The lowest BCUT2D eigenvalue weighted by atomic mass is 9.45. The third-order valence-electron chi connectivity index (χ3n) is 8.46. The van der Waals surface area contributed by atoms with Crippen LogP contribution in [0.15, 0.2) is 11.6 Å². The van der Waals surface area contributed by atoms with Crippen LogP contribution in [0.3, 0.4) is 0 Å². The highest BCUT2D eigenvalue weighted by molar-refractivity contribution is 5.92. The van der Waals surface area contributed by atoms with Crippen LogP contribution in [0.25, 0.3) is 0 Å². The van der Waals surface area contributed by atoms with Crippen molar-refractivity contribution in [1.82, 2.24) is 0 Å². The maximum Gasteiger partial charge on any atom is 0.190 e. The van der Waals surface area contributed by atoms with Gasteiger partial charge in [-0.15, -0.1) is 0 Å². The van der Waals surface area contributed by atoms with Crippen LogP contribution in [0.4, 0.5) is 0 Å². The molecular formula is C20H26O5. The molecule has 0 aromatic rings. The topological polar surface area (TPSA) is 83.8 Å². The molecule has 1 heterocycles. The SMILES string of the molecule is CC12CC3OC45CCC(=O)C=C4CCC(C35)C1CCC2(O)C(=O)CO. The maximum absolute atomic E-state index is 12.4. The van der Waals surface area contributed by atoms with E-state index in [0.717, 1.165) is 25.7 Å². The van der Waals surface area contributed by atoms with Crippen molar-refractivity contribution in [3.63, 3.8) is 0 Å². The van der Waals surface area contributed by atoms with Crippen molar-refractivity contribution in [2.75, 3.05) is 6.61 Å². The summed E-state index contributed by atoms with van der Waals surface area (Å²) in [6.45, 7) is 1.43. The van der Waals surface area contributed by atoms with Crippen molar-refractivity contribution in [2.45, 2.75) is 69.2 Å². The average molecular weight is 346 g/mol. The summed E-state index contributed by atoms with van der Waals surface area (Å²) in [6, 6.07) is 0. The molecule has 1 spiro atoms. The molecule has 5 heteroatoms. The Morgan fingerprint density at radius 2 is 2.12 bits per heavy atom. The van der Waals surface area contributed by atoms with Crippen LogP contribution in [0.1, 0.15) is 51.9 Å². The fourth-order valence-corrected chi connectivity index (χ4v) is 7.34. The first-order valence-corrected chi connectivity index (χ1v) is 9.64. The molecule has 0 aromatic heterocycles. The lowest BCUT2D eigenvalue weighted by molar-refractivity contribution is -0.317.